The fraction of sp³-hybridized carbons (Fsp3) is 0.857. The SMILES string of the molecule is CCCNC(=O)CC(C)(F)F. The highest BCUT2D eigenvalue weighted by molar-refractivity contribution is 5.76. The van der Waals surface area contributed by atoms with Crippen LogP contribution in [0, 0.1) is 0 Å². The first-order valence-electron chi connectivity index (χ1n) is 3.60. The van der Waals surface area contributed by atoms with Crippen molar-refractivity contribution >= 4 is 5.91 Å². The molecule has 0 heterocycles. The molecule has 4 heteroatoms. The Hall–Kier alpha value is -0.670. The van der Waals surface area contributed by atoms with Gasteiger partial charge in [0.25, 0.3) is 5.92 Å². The summed E-state index contributed by atoms with van der Waals surface area (Å²) in [5, 5.41) is 2.37. The Labute approximate surface area is 65.0 Å². The Morgan fingerprint density at radius 1 is 1.55 bits per heavy atom. The Bertz CT molecular complexity index is 131. The lowest BCUT2D eigenvalue weighted by molar-refractivity contribution is -0.127. The van der Waals surface area contributed by atoms with Crippen molar-refractivity contribution in [2.24, 2.45) is 0 Å². The fourth-order valence-corrected chi connectivity index (χ4v) is 0.609. The lowest BCUT2D eigenvalue weighted by atomic mass is 10.2. The van der Waals surface area contributed by atoms with E-state index in [0.29, 0.717) is 6.54 Å². The Balaban J connectivity index is 3.53. The largest absolute Gasteiger partial charge is 0.356 e. The van der Waals surface area contributed by atoms with Crippen LogP contribution in [0.25, 0.3) is 0 Å². The van der Waals surface area contributed by atoms with Gasteiger partial charge in [0.05, 0.1) is 6.42 Å². The molecule has 0 aliphatic carbocycles. The van der Waals surface area contributed by atoms with Gasteiger partial charge >= 0.3 is 0 Å². The second-order valence-electron chi connectivity index (χ2n) is 2.60. The maximum Gasteiger partial charge on any atom is 0.254 e. The number of rotatable bonds is 4. The number of alkyl halides is 2. The normalized spacial score (nSPS) is 11.3. The maximum absolute atomic E-state index is 12.1. The summed E-state index contributed by atoms with van der Waals surface area (Å²) in [6.07, 6.45) is 0.0496. The standard InChI is InChI=1S/C7H13F2NO/c1-3-4-10-6(11)5-7(2,8)9/h3-5H2,1-2H3,(H,10,11). The second-order valence-corrected chi connectivity index (χ2v) is 2.60. The summed E-state index contributed by atoms with van der Waals surface area (Å²) in [5.41, 5.74) is 0. The van der Waals surface area contributed by atoms with Crippen LogP contribution in [0.3, 0.4) is 0 Å². The molecule has 0 aliphatic rings. The smallest absolute Gasteiger partial charge is 0.254 e. The van der Waals surface area contributed by atoms with E-state index in [1.54, 1.807) is 0 Å². The third kappa shape index (κ3) is 7.22. The minimum Gasteiger partial charge on any atom is -0.356 e. The zero-order chi connectivity index (χ0) is 8.91. The third-order valence-corrected chi connectivity index (χ3v) is 1.04. The van der Waals surface area contributed by atoms with Gasteiger partial charge in [-0.15, -0.1) is 0 Å². The van der Waals surface area contributed by atoms with Gasteiger partial charge in [-0.1, -0.05) is 6.92 Å². The quantitative estimate of drug-likeness (QED) is 0.672. The van der Waals surface area contributed by atoms with Gasteiger partial charge in [0, 0.05) is 6.54 Å². The molecule has 0 rings (SSSR count). The summed E-state index contributed by atoms with van der Waals surface area (Å²) in [7, 11) is 0. The summed E-state index contributed by atoms with van der Waals surface area (Å²) in [5.74, 6) is -3.47. The number of halogens is 2. The molecule has 0 atom stereocenters. The van der Waals surface area contributed by atoms with Gasteiger partial charge in [-0.05, 0) is 13.3 Å². The van der Waals surface area contributed by atoms with Gasteiger partial charge in [0.15, 0.2) is 0 Å². The van der Waals surface area contributed by atoms with Crippen molar-refractivity contribution in [1.29, 1.82) is 0 Å². The molecule has 66 valence electrons. The van der Waals surface area contributed by atoms with Gasteiger partial charge < -0.3 is 5.32 Å². The van der Waals surface area contributed by atoms with Crippen molar-refractivity contribution in [3.05, 3.63) is 0 Å². The van der Waals surface area contributed by atoms with Crippen LogP contribution in [0.2, 0.25) is 0 Å². The molecule has 0 unspecified atom stereocenters. The van der Waals surface area contributed by atoms with Gasteiger partial charge in [-0.3, -0.25) is 4.79 Å². The number of carbonyl (C=O) groups excluding carboxylic acids is 1. The predicted octanol–water partition coefficient (Wildman–Crippen LogP) is 1.56. The molecule has 0 bridgehead atoms. The lowest BCUT2D eigenvalue weighted by Gasteiger charge is -2.09. The van der Waals surface area contributed by atoms with E-state index >= 15 is 0 Å². The van der Waals surface area contributed by atoms with Gasteiger partial charge in [0.2, 0.25) is 5.91 Å². The highest BCUT2D eigenvalue weighted by atomic mass is 19.3. The summed E-state index contributed by atoms with van der Waals surface area (Å²) in [4.78, 5) is 10.6. The van der Waals surface area contributed by atoms with E-state index in [1.165, 1.54) is 0 Å². The lowest BCUT2D eigenvalue weighted by Crippen LogP contribution is -2.29. The molecular weight excluding hydrogens is 152 g/mol. The van der Waals surface area contributed by atoms with E-state index in [2.05, 4.69) is 5.32 Å². The van der Waals surface area contributed by atoms with Crippen molar-refractivity contribution in [1.82, 2.24) is 5.32 Å². The molecule has 2 nitrogen and oxygen atoms in total. The summed E-state index contributed by atoms with van der Waals surface area (Å²) in [6.45, 7) is 3.07. The average molecular weight is 165 g/mol. The number of hydrogen-bond donors (Lipinski definition) is 1. The first kappa shape index (κ1) is 10.3. The monoisotopic (exact) mass is 165 g/mol. The highest BCUT2D eigenvalue weighted by Gasteiger charge is 2.24. The molecule has 1 amide bonds. The van der Waals surface area contributed by atoms with Crippen LogP contribution >= 0.6 is 0 Å². The van der Waals surface area contributed by atoms with Crippen LogP contribution < -0.4 is 5.32 Å². The molecule has 0 aliphatic heterocycles. The third-order valence-electron chi connectivity index (χ3n) is 1.04. The molecule has 0 fully saturated rings. The van der Waals surface area contributed by atoms with E-state index in [0.717, 1.165) is 13.3 Å². The van der Waals surface area contributed by atoms with Crippen molar-refractivity contribution in [2.45, 2.75) is 32.6 Å². The van der Waals surface area contributed by atoms with Gasteiger partial charge in [-0.25, -0.2) is 8.78 Å². The fourth-order valence-electron chi connectivity index (χ4n) is 0.609. The van der Waals surface area contributed by atoms with Gasteiger partial charge in [0.1, 0.15) is 0 Å². The molecule has 0 saturated carbocycles. The Morgan fingerprint density at radius 3 is 2.45 bits per heavy atom. The van der Waals surface area contributed by atoms with Crippen molar-refractivity contribution in [3.63, 3.8) is 0 Å². The molecule has 1 N–H and O–H groups in total. The van der Waals surface area contributed by atoms with E-state index in [-0.39, 0.29) is 0 Å². The number of hydrogen-bond acceptors (Lipinski definition) is 1. The topological polar surface area (TPSA) is 29.1 Å². The van der Waals surface area contributed by atoms with Crippen molar-refractivity contribution < 1.29 is 13.6 Å². The number of carbonyl (C=O) groups is 1. The Morgan fingerprint density at radius 2 is 2.09 bits per heavy atom. The summed E-state index contributed by atoms with van der Waals surface area (Å²) >= 11 is 0. The molecule has 0 saturated heterocycles. The molecule has 0 aromatic rings. The van der Waals surface area contributed by atoms with Gasteiger partial charge in [-0.2, -0.15) is 0 Å². The Kier molecular flexibility index (Phi) is 4.00. The van der Waals surface area contributed by atoms with Crippen molar-refractivity contribution in [3.8, 4) is 0 Å². The summed E-state index contributed by atoms with van der Waals surface area (Å²) < 4.78 is 24.3. The molecule has 0 radical (unpaired) electrons. The first-order valence-corrected chi connectivity index (χ1v) is 3.60. The van der Waals surface area contributed by atoms with Crippen LogP contribution in [0.5, 0.6) is 0 Å². The molecule has 0 aromatic heterocycles. The van der Waals surface area contributed by atoms with Crippen LogP contribution in [0.4, 0.5) is 8.78 Å². The number of nitrogens with one attached hydrogen (secondary N) is 1. The van der Waals surface area contributed by atoms with E-state index in [9.17, 15) is 13.6 Å². The number of amides is 1. The summed E-state index contributed by atoms with van der Waals surface area (Å²) in [6, 6.07) is 0. The van der Waals surface area contributed by atoms with E-state index in [4.69, 9.17) is 0 Å². The minimum absolute atomic E-state index is 0.467. The average Bonchev–Trinajstić information content (AvgIpc) is 1.79. The van der Waals surface area contributed by atoms with E-state index < -0.39 is 18.3 Å². The molecule has 11 heavy (non-hydrogen) atoms. The first-order chi connectivity index (χ1) is 4.95. The van der Waals surface area contributed by atoms with Crippen LogP contribution in [0.15, 0.2) is 0 Å². The molecule has 0 spiro atoms. The maximum atomic E-state index is 12.1. The zero-order valence-corrected chi connectivity index (χ0v) is 6.79. The van der Waals surface area contributed by atoms with E-state index in [1.807, 2.05) is 6.92 Å². The van der Waals surface area contributed by atoms with Crippen LogP contribution in [-0.4, -0.2) is 18.4 Å². The second kappa shape index (κ2) is 4.26. The molecular formula is C7H13F2NO. The highest BCUT2D eigenvalue weighted by Crippen LogP contribution is 2.15. The zero-order valence-electron chi connectivity index (χ0n) is 6.79. The van der Waals surface area contributed by atoms with Crippen LogP contribution in [0.1, 0.15) is 26.7 Å². The van der Waals surface area contributed by atoms with Crippen molar-refractivity contribution in [2.75, 3.05) is 6.54 Å². The van der Waals surface area contributed by atoms with Crippen LogP contribution in [-0.2, 0) is 4.79 Å². The minimum atomic E-state index is -2.89. The molecule has 0 aromatic carbocycles. The predicted molar refractivity (Wildman–Crippen MR) is 38.5 cm³/mol.